The quantitative estimate of drug-likeness (QED) is 0.540. The molecule has 28 heavy (non-hydrogen) atoms. The SMILES string of the molecule is COC(=O)c1ccc2c(C)nn(CCCCCCNC(=O)OC(C)(C)C)c2c1. The Labute approximate surface area is 166 Å². The summed E-state index contributed by atoms with van der Waals surface area (Å²) in [5.74, 6) is -0.343. The number of fused-ring (bicyclic) bond motifs is 1. The van der Waals surface area contributed by atoms with Crippen LogP contribution in [0.2, 0.25) is 0 Å². The highest BCUT2D eigenvalue weighted by molar-refractivity contribution is 5.95. The fraction of sp³-hybridized carbons (Fsp3) is 0.571. The molecule has 0 aliphatic carbocycles. The van der Waals surface area contributed by atoms with Gasteiger partial charge in [-0.05, 0) is 52.7 Å². The molecule has 2 rings (SSSR count). The fourth-order valence-corrected chi connectivity index (χ4v) is 3.00. The molecule has 1 aromatic heterocycles. The fourth-order valence-electron chi connectivity index (χ4n) is 3.00. The normalized spacial score (nSPS) is 11.5. The lowest BCUT2D eigenvalue weighted by Gasteiger charge is -2.19. The standard InChI is InChI=1S/C21H31N3O4/c1-15-17-11-10-16(19(25)27-5)14-18(17)24(23-15)13-9-7-6-8-12-22-20(26)28-21(2,3)4/h10-11,14H,6-9,12-13H2,1-5H3,(H,22,26). The Kier molecular flexibility index (Phi) is 7.43. The number of nitrogens with zero attached hydrogens (tertiary/aromatic N) is 2. The summed E-state index contributed by atoms with van der Waals surface area (Å²) in [4.78, 5) is 23.3. The summed E-state index contributed by atoms with van der Waals surface area (Å²) in [6, 6.07) is 5.53. The number of nitrogens with one attached hydrogen (secondary N) is 1. The van der Waals surface area contributed by atoms with Crippen LogP contribution in [-0.4, -0.2) is 41.1 Å². The number of unbranched alkanes of at least 4 members (excludes halogenated alkanes) is 3. The summed E-state index contributed by atoms with van der Waals surface area (Å²) >= 11 is 0. The van der Waals surface area contributed by atoms with Crippen LogP contribution >= 0.6 is 0 Å². The van der Waals surface area contributed by atoms with Gasteiger partial charge in [-0.2, -0.15) is 5.10 Å². The van der Waals surface area contributed by atoms with Crippen molar-refractivity contribution >= 4 is 23.0 Å². The second-order valence-corrected chi connectivity index (χ2v) is 7.87. The summed E-state index contributed by atoms with van der Waals surface area (Å²) < 4.78 is 12.0. The summed E-state index contributed by atoms with van der Waals surface area (Å²) in [6.45, 7) is 8.92. The van der Waals surface area contributed by atoms with Gasteiger partial charge in [0.1, 0.15) is 5.60 Å². The highest BCUT2D eigenvalue weighted by Crippen LogP contribution is 2.21. The van der Waals surface area contributed by atoms with Gasteiger partial charge in [0.15, 0.2) is 0 Å². The van der Waals surface area contributed by atoms with Gasteiger partial charge in [-0.25, -0.2) is 9.59 Å². The lowest BCUT2D eigenvalue weighted by molar-refractivity contribution is 0.0525. The zero-order valence-electron chi connectivity index (χ0n) is 17.5. The van der Waals surface area contributed by atoms with Crippen LogP contribution in [0.15, 0.2) is 18.2 Å². The maximum Gasteiger partial charge on any atom is 0.407 e. The largest absolute Gasteiger partial charge is 0.465 e. The topological polar surface area (TPSA) is 82.5 Å². The number of carbonyl (C=O) groups excluding carboxylic acids is 2. The molecule has 1 amide bonds. The molecule has 0 bridgehead atoms. The van der Waals surface area contributed by atoms with Crippen molar-refractivity contribution in [1.29, 1.82) is 0 Å². The Balaban J connectivity index is 1.78. The first-order valence-electron chi connectivity index (χ1n) is 9.73. The highest BCUT2D eigenvalue weighted by atomic mass is 16.6. The van der Waals surface area contributed by atoms with E-state index in [-0.39, 0.29) is 12.1 Å². The van der Waals surface area contributed by atoms with Crippen molar-refractivity contribution < 1.29 is 19.1 Å². The minimum absolute atomic E-state index is 0.343. The number of methoxy groups -OCH3 is 1. The van der Waals surface area contributed by atoms with E-state index in [0.29, 0.717) is 12.1 Å². The lowest BCUT2D eigenvalue weighted by atomic mass is 10.1. The first-order valence-corrected chi connectivity index (χ1v) is 9.73. The van der Waals surface area contributed by atoms with Crippen LogP contribution in [0.5, 0.6) is 0 Å². The van der Waals surface area contributed by atoms with Crippen LogP contribution in [0.25, 0.3) is 10.9 Å². The third-order valence-corrected chi connectivity index (χ3v) is 4.32. The molecule has 0 aliphatic rings. The molecular formula is C21H31N3O4. The van der Waals surface area contributed by atoms with Crippen LogP contribution in [-0.2, 0) is 16.0 Å². The summed E-state index contributed by atoms with van der Waals surface area (Å²) in [6.07, 6.45) is 3.57. The molecule has 0 radical (unpaired) electrons. The van der Waals surface area contributed by atoms with Crippen molar-refractivity contribution in [1.82, 2.24) is 15.1 Å². The average molecular weight is 389 g/mol. The highest BCUT2D eigenvalue weighted by Gasteiger charge is 2.15. The number of aryl methyl sites for hydroxylation is 2. The summed E-state index contributed by atoms with van der Waals surface area (Å²) in [5.41, 5.74) is 1.96. The molecule has 0 spiro atoms. The van der Waals surface area contributed by atoms with E-state index in [4.69, 9.17) is 9.47 Å². The monoisotopic (exact) mass is 389 g/mol. The molecule has 0 aliphatic heterocycles. The van der Waals surface area contributed by atoms with Crippen LogP contribution in [0.1, 0.15) is 62.5 Å². The second-order valence-electron chi connectivity index (χ2n) is 7.87. The van der Waals surface area contributed by atoms with Gasteiger partial charge < -0.3 is 14.8 Å². The van der Waals surface area contributed by atoms with Gasteiger partial charge in [-0.1, -0.05) is 18.9 Å². The Bertz CT molecular complexity index is 821. The molecule has 7 heteroatoms. The summed E-state index contributed by atoms with van der Waals surface area (Å²) in [7, 11) is 1.38. The average Bonchev–Trinajstić information content (AvgIpc) is 2.94. The molecule has 7 nitrogen and oxygen atoms in total. The first-order chi connectivity index (χ1) is 13.2. The van der Waals surface area contributed by atoms with E-state index in [1.54, 1.807) is 6.07 Å². The molecule has 1 aromatic carbocycles. The number of amides is 1. The van der Waals surface area contributed by atoms with Gasteiger partial charge in [-0.15, -0.1) is 0 Å². The lowest BCUT2D eigenvalue weighted by Crippen LogP contribution is -2.32. The Morgan fingerprint density at radius 2 is 1.86 bits per heavy atom. The Morgan fingerprint density at radius 1 is 1.14 bits per heavy atom. The molecule has 0 atom stereocenters. The molecule has 2 aromatic rings. The third-order valence-electron chi connectivity index (χ3n) is 4.32. The Hall–Kier alpha value is -2.57. The molecule has 0 saturated heterocycles. The molecule has 0 unspecified atom stereocenters. The van der Waals surface area contributed by atoms with Crippen molar-refractivity contribution in [2.75, 3.05) is 13.7 Å². The number of aromatic nitrogens is 2. The number of carbonyl (C=O) groups is 2. The number of esters is 1. The molecule has 1 heterocycles. The maximum atomic E-state index is 11.8. The number of hydrogen-bond donors (Lipinski definition) is 1. The second kappa shape index (κ2) is 9.57. The molecule has 0 saturated carbocycles. The minimum atomic E-state index is -0.470. The molecule has 1 N–H and O–H groups in total. The smallest absolute Gasteiger partial charge is 0.407 e. The summed E-state index contributed by atoms with van der Waals surface area (Å²) in [5, 5.41) is 8.42. The number of hydrogen-bond acceptors (Lipinski definition) is 5. The van der Waals surface area contributed by atoms with Crippen LogP contribution in [0.4, 0.5) is 4.79 Å². The van der Waals surface area contributed by atoms with E-state index in [2.05, 4.69) is 10.4 Å². The van der Waals surface area contributed by atoms with E-state index >= 15 is 0 Å². The first kappa shape index (κ1) is 21.7. The van der Waals surface area contributed by atoms with Gasteiger partial charge in [0, 0.05) is 18.5 Å². The van der Waals surface area contributed by atoms with Gasteiger partial charge >= 0.3 is 12.1 Å². The van der Waals surface area contributed by atoms with Crippen molar-refractivity contribution in [2.24, 2.45) is 0 Å². The minimum Gasteiger partial charge on any atom is -0.465 e. The van der Waals surface area contributed by atoms with E-state index < -0.39 is 5.60 Å². The zero-order chi connectivity index (χ0) is 20.7. The molecule has 0 fully saturated rings. The van der Waals surface area contributed by atoms with Crippen LogP contribution in [0.3, 0.4) is 0 Å². The van der Waals surface area contributed by atoms with E-state index in [1.807, 2.05) is 44.5 Å². The number of benzene rings is 1. The van der Waals surface area contributed by atoms with Crippen molar-refractivity contribution in [3.8, 4) is 0 Å². The maximum absolute atomic E-state index is 11.8. The van der Waals surface area contributed by atoms with Crippen molar-refractivity contribution in [3.63, 3.8) is 0 Å². The number of alkyl carbamates (subject to hydrolysis) is 1. The molecular weight excluding hydrogens is 358 g/mol. The van der Waals surface area contributed by atoms with Gasteiger partial charge in [-0.3, -0.25) is 4.68 Å². The number of ether oxygens (including phenoxy) is 2. The van der Waals surface area contributed by atoms with Crippen molar-refractivity contribution in [2.45, 2.75) is 65.5 Å². The van der Waals surface area contributed by atoms with E-state index in [0.717, 1.165) is 48.8 Å². The predicted molar refractivity (Wildman–Crippen MR) is 109 cm³/mol. The van der Waals surface area contributed by atoms with Crippen LogP contribution in [0, 0.1) is 6.92 Å². The van der Waals surface area contributed by atoms with E-state index in [1.165, 1.54) is 7.11 Å². The number of rotatable bonds is 8. The predicted octanol–water partition coefficient (Wildman–Crippen LogP) is 4.22. The molecule has 154 valence electrons. The van der Waals surface area contributed by atoms with E-state index in [9.17, 15) is 9.59 Å². The third kappa shape index (κ3) is 6.25. The van der Waals surface area contributed by atoms with Crippen LogP contribution < -0.4 is 5.32 Å². The van der Waals surface area contributed by atoms with Crippen molar-refractivity contribution in [3.05, 3.63) is 29.5 Å². The van der Waals surface area contributed by atoms with Gasteiger partial charge in [0.05, 0.1) is 23.9 Å². The zero-order valence-corrected chi connectivity index (χ0v) is 17.5. The van der Waals surface area contributed by atoms with Gasteiger partial charge in [0.2, 0.25) is 0 Å². The Morgan fingerprint density at radius 3 is 2.54 bits per heavy atom. The van der Waals surface area contributed by atoms with Gasteiger partial charge in [0.25, 0.3) is 0 Å².